The summed E-state index contributed by atoms with van der Waals surface area (Å²) in [5, 5.41) is 16.9. The molecule has 1 aliphatic rings. The van der Waals surface area contributed by atoms with Crippen LogP contribution in [0.4, 0.5) is 10.3 Å². The number of tetrazole rings is 1. The van der Waals surface area contributed by atoms with Crippen molar-refractivity contribution in [1.29, 1.82) is 0 Å². The Morgan fingerprint density at radius 2 is 2.09 bits per heavy atom. The van der Waals surface area contributed by atoms with Crippen LogP contribution in [-0.2, 0) is 6.42 Å². The highest BCUT2D eigenvalue weighted by molar-refractivity contribution is 5.52. The van der Waals surface area contributed by atoms with Gasteiger partial charge < -0.3 is 5.32 Å². The number of H-pyrrole nitrogens is 1. The third-order valence-corrected chi connectivity index (χ3v) is 3.74. The maximum atomic E-state index is 13.2. The van der Waals surface area contributed by atoms with E-state index in [1.54, 1.807) is 18.5 Å². The highest BCUT2D eigenvalue weighted by Crippen LogP contribution is 2.33. The van der Waals surface area contributed by atoms with Gasteiger partial charge in [-0.25, -0.2) is 14.4 Å². The van der Waals surface area contributed by atoms with Crippen molar-refractivity contribution in [2.75, 3.05) is 5.32 Å². The molecule has 0 fully saturated rings. The van der Waals surface area contributed by atoms with Crippen molar-refractivity contribution in [2.45, 2.75) is 18.9 Å². The molecule has 1 aromatic carbocycles. The molecule has 0 aliphatic heterocycles. The molecule has 110 valence electrons. The SMILES string of the molecule is Fc1ccc2c(c1)CCC2Nc1ncc(-c2nn[nH]n2)cn1. The molecule has 7 nitrogen and oxygen atoms in total. The number of nitrogens with one attached hydrogen (secondary N) is 2. The Hall–Kier alpha value is -2.90. The number of nitrogens with zero attached hydrogens (tertiary/aromatic N) is 5. The van der Waals surface area contributed by atoms with Crippen LogP contribution >= 0.6 is 0 Å². The van der Waals surface area contributed by atoms with Crippen molar-refractivity contribution in [3.8, 4) is 11.4 Å². The molecule has 0 spiro atoms. The molecular weight excluding hydrogens is 285 g/mol. The monoisotopic (exact) mass is 297 g/mol. The predicted molar refractivity (Wildman–Crippen MR) is 76.3 cm³/mol. The lowest BCUT2D eigenvalue weighted by molar-refractivity contribution is 0.626. The zero-order valence-electron chi connectivity index (χ0n) is 11.5. The number of hydrogen-bond donors (Lipinski definition) is 2. The van der Waals surface area contributed by atoms with E-state index in [1.165, 1.54) is 6.07 Å². The largest absolute Gasteiger partial charge is 0.347 e. The van der Waals surface area contributed by atoms with Crippen molar-refractivity contribution < 1.29 is 4.39 Å². The summed E-state index contributed by atoms with van der Waals surface area (Å²) in [6.07, 6.45) is 5.03. The van der Waals surface area contributed by atoms with E-state index in [0.717, 1.165) is 24.0 Å². The normalized spacial score (nSPS) is 16.5. The summed E-state index contributed by atoms with van der Waals surface area (Å²) < 4.78 is 13.2. The van der Waals surface area contributed by atoms with Crippen LogP contribution in [-0.4, -0.2) is 30.6 Å². The Kier molecular flexibility index (Phi) is 2.99. The second-order valence-electron chi connectivity index (χ2n) is 5.11. The number of hydrogen-bond acceptors (Lipinski definition) is 6. The van der Waals surface area contributed by atoms with Gasteiger partial charge in [-0.1, -0.05) is 6.07 Å². The fourth-order valence-electron chi connectivity index (χ4n) is 2.69. The minimum absolute atomic E-state index is 0.103. The fourth-order valence-corrected chi connectivity index (χ4v) is 2.69. The Balaban J connectivity index is 1.53. The van der Waals surface area contributed by atoms with E-state index in [0.29, 0.717) is 17.3 Å². The highest BCUT2D eigenvalue weighted by atomic mass is 19.1. The van der Waals surface area contributed by atoms with E-state index >= 15 is 0 Å². The number of fused-ring (bicyclic) bond motifs is 1. The van der Waals surface area contributed by atoms with E-state index in [2.05, 4.69) is 35.9 Å². The Morgan fingerprint density at radius 1 is 1.23 bits per heavy atom. The van der Waals surface area contributed by atoms with Gasteiger partial charge >= 0.3 is 0 Å². The molecule has 0 saturated heterocycles. The van der Waals surface area contributed by atoms with Crippen molar-refractivity contribution >= 4 is 5.95 Å². The number of aromatic nitrogens is 6. The minimum Gasteiger partial charge on any atom is -0.347 e. The quantitative estimate of drug-likeness (QED) is 0.767. The molecule has 2 heterocycles. The molecule has 4 rings (SSSR count). The van der Waals surface area contributed by atoms with Crippen molar-refractivity contribution in [2.24, 2.45) is 0 Å². The third-order valence-electron chi connectivity index (χ3n) is 3.74. The molecule has 1 aliphatic carbocycles. The first-order chi connectivity index (χ1) is 10.8. The van der Waals surface area contributed by atoms with Gasteiger partial charge in [-0.3, -0.25) is 0 Å². The van der Waals surface area contributed by atoms with Crippen LogP contribution in [0, 0.1) is 5.82 Å². The van der Waals surface area contributed by atoms with Crippen LogP contribution in [0.25, 0.3) is 11.4 Å². The lowest BCUT2D eigenvalue weighted by Crippen LogP contribution is -2.09. The van der Waals surface area contributed by atoms with Gasteiger partial charge in [0.15, 0.2) is 0 Å². The zero-order valence-corrected chi connectivity index (χ0v) is 11.5. The van der Waals surface area contributed by atoms with Crippen LogP contribution in [0.1, 0.15) is 23.6 Å². The molecular formula is C14H12FN7. The summed E-state index contributed by atoms with van der Waals surface area (Å²) in [4.78, 5) is 8.54. The molecule has 2 N–H and O–H groups in total. The van der Waals surface area contributed by atoms with Crippen molar-refractivity contribution in [3.05, 3.63) is 47.5 Å². The molecule has 0 amide bonds. The van der Waals surface area contributed by atoms with Crippen LogP contribution < -0.4 is 5.32 Å². The topological polar surface area (TPSA) is 92.3 Å². The summed E-state index contributed by atoms with van der Waals surface area (Å²) in [5.74, 6) is 0.780. The number of rotatable bonds is 3. The average molecular weight is 297 g/mol. The van der Waals surface area contributed by atoms with E-state index in [1.807, 2.05) is 6.07 Å². The molecule has 8 heteroatoms. The summed E-state index contributed by atoms with van der Waals surface area (Å²) in [7, 11) is 0. The zero-order chi connectivity index (χ0) is 14.9. The maximum absolute atomic E-state index is 13.2. The van der Waals surface area contributed by atoms with Crippen LogP contribution in [0.3, 0.4) is 0 Å². The minimum atomic E-state index is -0.194. The van der Waals surface area contributed by atoms with Crippen molar-refractivity contribution in [3.63, 3.8) is 0 Å². The molecule has 1 unspecified atom stereocenters. The Labute approximate surface area is 125 Å². The molecule has 0 radical (unpaired) electrons. The number of aryl methyl sites for hydroxylation is 1. The maximum Gasteiger partial charge on any atom is 0.223 e. The lowest BCUT2D eigenvalue weighted by Gasteiger charge is -2.13. The summed E-state index contributed by atoms with van der Waals surface area (Å²) in [5.41, 5.74) is 2.83. The molecule has 0 bridgehead atoms. The van der Waals surface area contributed by atoms with Crippen LogP contribution in [0.2, 0.25) is 0 Å². The summed E-state index contributed by atoms with van der Waals surface area (Å²) in [6.45, 7) is 0. The van der Waals surface area contributed by atoms with Gasteiger partial charge in [-0.15, -0.1) is 10.2 Å². The van der Waals surface area contributed by atoms with Gasteiger partial charge in [0.25, 0.3) is 0 Å². The highest BCUT2D eigenvalue weighted by Gasteiger charge is 2.23. The summed E-state index contributed by atoms with van der Waals surface area (Å²) in [6, 6.07) is 5.01. The fraction of sp³-hybridized carbons (Fsp3) is 0.214. The second kappa shape index (κ2) is 5.14. The first-order valence-corrected chi connectivity index (χ1v) is 6.90. The van der Waals surface area contributed by atoms with Crippen molar-refractivity contribution in [1.82, 2.24) is 30.6 Å². The number of benzene rings is 1. The third kappa shape index (κ3) is 2.28. The molecule has 22 heavy (non-hydrogen) atoms. The summed E-state index contributed by atoms with van der Waals surface area (Å²) >= 11 is 0. The van der Waals surface area contributed by atoms with E-state index in [4.69, 9.17) is 0 Å². The molecule has 0 saturated carbocycles. The standard InChI is InChI=1S/C14H12FN7/c15-10-2-3-11-8(5-10)1-4-12(11)18-14-16-6-9(7-17-14)13-19-21-22-20-13/h2-3,5-7,12H,1,4H2,(H,16,17,18)(H,19,20,21,22). The van der Waals surface area contributed by atoms with E-state index < -0.39 is 0 Å². The lowest BCUT2D eigenvalue weighted by atomic mass is 10.1. The van der Waals surface area contributed by atoms with Gasteiger partial charge in [0.2, 0.25) is 11.8 Å². The number of aromatic amines is 1. The van der Waals surface area contributed by atoms with Gasteiger partial charge in [0.05, 0.1) is 11.6 Å². The van der Waals surface area contributed by atoms with Crippen LogP contribution in [0.15, 0.2) is 30.6 Å². The average Bonchev–Trinajstić information content (AvgIpc) is 3.18. The first-order valence-electron chi connectivity index (χ1n) is 6.90. The first kappa shape index (κ1) is 12.8. The van der Waals surface area contributed by atoms with Gasteiger partial charge in [-0.2, -0.15) is 5.21 Å². The molecule has 3 aromatic rings. The van der Waals surface area contributed by atoms with Gasteiger partial charge in [-0.05, 0) is 41.3 Å². The van der Waals surface area contributed by atoms with Gasteiger partial charge in [0, 0.05) is 12.4 Å². The second-order valence-corrected chi connectivity index (χ2v) is 5.11. The smallest absolute Gasteiger partial charge is 0.223 e. The van der Waals surface area contributed by atoms with E-state index in [-0.39, 0.29) is 11.9 Å². The molecule has 2 aromatic heterocycles. The van der Waals surface area contributed by atoms with Crippen LogP contribution in [0.5, 0.6) is 0 Å². The number of anilines is 1. The molecule has 1 atom stereocenters. The number of halogens is 1. The Bertz CT molecular complexity index is 785. The predicted octanol–water partition coefficient (Wildman–Crippen LogP) is 1.90. The van der Waals surface area contributed by atoms with E-state index in [9.17, 15) is 4.39 Å². The Morgan fingerprint density at radius 3 is 2.86 bits per heavy atom. The van der Waals surface area contributed by atoms with Gasteiger partial charge in [0.1, 0.15) is 5.82 Å².